The molecule has 0 aliphatic heterocycles. The van der Waals surface area contributed by atoms with Crippen LogP contribution in [0.4, 0.5) is 10.3 Å². The molecule has 9 heteroatoms. The number of benzene rings is 1. The van der Waals surface area contributed by atoms with Crippen molar-refractivity contribution < 1.29 is 18.5 Å². The van der Waals surface area contributed by atoms with Gasteiger partial charge >= 0.3 is 5.88 Å². The van der Waals surface area contributed by atoms with Crippen LogP contribution in [0.5, 0.6) is 0 Å². The summed E-state index contributed by atoms with van der Waals surface area (Å²) in [5, 5.41) is 13.1. The summed E-state index contributed by atoms with van der Waals surface area (Å²) in [6.45, 7) is 0.257. The van der Waals surface area contributed by atoms with Crippen molar-refractivity contribution in [1.29, 1.82) is 0 Å². The second kappa shape index (κ2) is 6.11. The van der Waals surface area contributed by atoms with Crippen LogP contribution in [0.1, 0.15) is 16.4 Å². The van der Waals surface area contributed by atoms with E-state index in [4.69, 9.17) is 4.42 Å². The molecule has 8 nitrogen and oxygen atoms in total. The maximum Gasteiger partial charge on any atom is 0.433 e. The smallest absolute Gasteiger partial charge is 0.395 e. The first kappa shape index (κ1) is 15.7. The lowest BCUT2D eigenvalue weighted by atomic mass is 10.3. The van der Waals surface area contributed by atoms with Crippen molar-refractivity contribution in [2.45, 2.75) is 6.42 Å². The molecular weight excluding hydrogens is 319 g/mol. The Hall–Kier alpha value is -3.23. The number of imidazole rings is 1. The Morgan fingerprint density at radius 3 is 2.92 bits per heavy atom. The number of hydrogen-bond acceptors (Lipinski definition) is 5. The standard InChI is InChI=1S/C15H13FN4O4/c1-19-11-8-9(16)2-3-10(11)18-13(19)6-7-17-15(21)12-4-5-14(24-12)20(22)23/h2-5,8H,6-7H2,1H3,(H,17,21). The maximum absolute atomic E-state index is 13.3. The molecule has 124 valence electrons. The fourth-order valence-corrected chi connectivity index (χ4v) is 2.36. The van der Waals surface area contributed by atoms with Gasteiger partial charge in [-0.15, -0.1) is 0 Å². The topological polar surface area (TPSA) is 103 Å². The predicted molar refractivity (Wildman–Crippen MR) is 82.1 cm³/mol. The quantitative estimate of drug-likeness (QED) is 0.570. The average Bonchev–Trinajstić information content (AvgIpc) is 3.14. The summed E-state index contributed by atoms with van der Waals surface area (Å²) in [7, 11) is 1.77. The van der Waals surface area contributed by atoms with E-state index in [0.29, 0.717) is 23.3 Å². The van der Waals surface area contributed by atoms with Crippen LogP contribution in [-0.4, -0.2) is 26.9 Å². The summed E-state index contributed by atoms with van der Waals surface area (Å²) >= 11 is 0. The van der Waals surface area contributed by atoms with Crippen LogP contribution in [0.2, 0.25) is 0 Å². The molecule has 0 radical (unpaired) electrons. The summed E-state index contributed by atoms with van der Waals surface area (Å²) in [4.78, 5) is 26.1. The predicted octanol–water partition coefficient (Wildman–Crippen LogP) is 2.19. The van der Waals surface area contributed by atoms with Crippen molar-refractivity contribution in [2.24, 2.45) is 7.05 Å². The molecule has 1 N–H and O–H groups in total. The van der Waals surface area contributed by atoms with Crippen LogP contribution in [0.15, 0.2) is 34.7 Å². The molecule has 0 spiro atoms. The van der Waals surface area contributed by atoms with Crippen molar-refractivity contribution in [3.05, 3.63) is 57.8 Å². The number of nitrogens with one attached hydrogen (secondary N) is 1. The lowest BCUT2D eigenvalue weighted by Crippen LogP contribution is -2.26. The Labute approximate surface area is 135 Å². The van der Waals surface area contributed by atoms with E-state index in [-0.39, 0.29) is 18.1 Å². The average molecular weight is 332 g/mol. The third-order valence-electron chi connectivity index (χ3n) is 3.57. The monoisotopic (exact) mass is 332 g/mol. The number of aromatic nitrogens is 2. The summed E-state index contributed by atoms with van der Waals surface area (Å²) in [6, 6.07) is 6.69. The lowest BCUT2D eigenvalue weighted by Gasteiger charge is -2.04. The van der Waals surface area contributed by atoms with Crippen LogP contribution < -0.4 is 5.32 Å². The molecule has 0 bridgehead atoms. The highest BCUT2D eigenvalue weighted by molar-refractivity contribution is 5.91. The first-order valence-corrected chi connectivity index (χ1v) is 7.09. The normalized spacial score (nSPS) is 10.9. The highest BCUT2D eigenvalue weighted by Gasteiger charge is 2.17. The number of furan rings is 1. The van der Waals surface area contributed by atoms with E-state index in [1.165, 1.54) is 18.2 Å². The molecule has 3 rings (SSSR count). The minimum Gasteiger partial charge on any atom is -0.395 e. The zero-order valence-electron chi connectivity index (χ0n) is 12.7. The Morgan fingerprint density at radius 2 is 2.21 bits per heavy atom. The largest absolute Gasteiger partial charge is 0.433 e. The summed E-state index contributed by atoms with van der Waals surface area (Å²) < 4.78 is 19.8. The van der Waals surface area contributed by atoms with Crippen molar-refractivity contribution >= 4 is 22.8 Å². The van der Waals surface area contributed by atoms with E-state index in [2.05, 4.69) is 10.3 Å². The molecule has 1 amide bonds. The fourth-order valence-electron chi connectivity index (χ4n) is 2.36. The number of halogens is 1. The number of fused-ring (bicyclic) bond motifs is 1. The van der Waals surface area contributed by atoms with Gasteiger partial charge in [-0.25, -0.2) is 9.37 Å². The Bertz CT molecular complexity index is 931. The molecule has 0 aliphatic rings. The van der Waals surface area contributed by atoms with Gasteiger partial charge in [-0.1, -0.05) is 0 Å². The molecule has 2 heterocycles. The van der Waals surface area contributed by atoms with Crippen LogP contribution in [0.3, 0.4) is 0 Å². The van der Waals surface area contributed by atoms with Crippen LogP contribution in [0, 0.1) is 15.9 Å². The van der Waals surface area contributed by atoms with E-state index >= 15 is 0 Å². The Balaban J connectivity index is 1.64. The second-order valence-corrected chi connectivity index (χ2v) is 5.12. The van der Waals surface area contributed by atoms with Crippen molar-refractivity contribution in [1.82, 2.24) is 14.9 Å². The van der Waals surface area contributed by atoms with Crippen molar-refractivity contribution in [2.75, 3.05) is 6.54 Å². The number of nitro groups is 1. The number of carbonyl (C=O) groups is 1. The van der Waals surface area contributed by atoms with E-state index < -0.39 is 16.7 Å². The molecular formula is C15H13FN4O4. The molecule has 3 aromatic rings. The summed E-state index contributed by atoms with van der Waals surface area (Å²) in [5.41, 5.74) is 1.33. The molecule has 0 saturated heterocycles. The fraction of sp³-hybridized carbons (Fsp3) is 0.200. The van der Waals surface area contributed by atoms with Crippen molar-refractivity contribution in [3.8, 4) is 0 Å². The number of aryl methyl sites for hydroxylation is 1. The molecule has 24 heavy (non-hydrogen) atoms. The maximum atomic E-state index is 13.3. The zero-order valence-corrected chi connectivity index (χ0v) is 12.7. The van der Waals surface area contributed by atoms with E-state index in [1.807, 2.05) is 0 Å². The molecule has 0 saturated carbocycles. The van der Waals surface area contributed by atoms with E-state index in [1.54, 1.807) is 17.7 Å². The Kier molecular flexibility index (Phi) is 3.98. The first-order chi connectivity index (χ1) is 11.5. The van der Waals surface area contributed by atoms with Crippen LogP contribution >= 0.6 is 0 Å². The number of nitrogens with zero attached hydrogens (tertiary/aromatic N) is 3. The van der Waals surface area contributed by atoms with Gasteiger partial charge in [0.2, 0.25) is 0 Å². The number of rotatable bonds is 5. The Morgan fingerprint density at radius 1 is 1.42 bits per heavy atom. The highest BCUT2D eigenvalue weighted by atomic mass is 19.1. The molecule has 0 unspecified atom stereocenters. The van der Waals surface area contributed by atoms with Gasteiger partial charge in [-0.2, -0.15) is 0 Å². The third kappa shape index (κ3) is 2.96. The van der Waals surface area contributed by atoms with E-state index in [0.717, 1.165) is 6.07 Å². The SMILES string of the molecule is Cn1c(CCNC(=O)c2ccc([N+](=O)[O-])o2)nc2ccc(F)cc21. The van der Waals surface area contributed by atoms with Gasteiger partial charge < -0.3 is 14.3 Å². The number of amides is 1. The minimum atomic E-state index is -0.713. The molecule has 0 aliphatic carbocycles. The van der Waals surface area contributed by atoms with Gasteiger partial charge in [0.15, 0.2) is 5.76 Å². The third-order valence-corrected chi connectivity index (χ3v) is 3.57. The minimum absolute atomic E-state index is 0.131. The second-order valence-electron chi connectivity index (χ2n) is 5.12. The zero-order chi connectivity index (χ0) is 17.3. The molecule has 1 aromatic carbocycles. The molecule has 0 fully saturated rings. The van der Waals surface area contributed by atoms with Crippen LogP contribution in [0.25, 0.3) is 11.0 Å². The van der Waals surface area contributed by atoms with Gasteiger partial charge in [-0.3, -0.25) is 14.9 Å². The molecule has 0 atom stereocenters. The highest BCUT2D eigenvalue weighted by Crippen LogP contribution is 2.17. The van der Waals surface area contributed by atoms with Gasteiger partial charge in [0.1, 0.15) is 16.6 Å². The van der Waals surface area contributed by atoms with Gasteiger partial charge in [0.25, 0.3) is 5.91 Å². The van der Waals surface area contributed by atoms with Gasteiger partial charge in [0, 0.05) is 20.0 Å². The number of hydrogen-bond donors (Lipinski definition) is 1. The summed E-state index contributed by atoms with van der Waals surface area (Å²) in [5.74, 6) is -0.828. The van der Waals surface area contributed by atoms with Gasteiger partial charge in [0.05, 0.1) is 17.1 Å². The van der Waals surface area contributed by atoms with Crippen molar-refractivity contribution in [3.63, 3.8) is 0 Å². The van der Waals surface area contributed by atoms with E-state index in [9.17, 15) is 19.3 Å². The number of carbonyl (C=O) groups excluding carboxylic acids is 1. The summed E-state index contributed by atoms with van der Waals surface area (Å²) in [6.07, 6.45) is 0.418. The van der Waals surface area contributed by atoms with Crippen LogP contribution in [-0.2, 0) is 13.5 Å². The first-order valence-electron chi connectivity index (χ1n) is 7.09. The lowest BCUT2D eigenvalue weighted by molar-refractivity contribution is -0.402. The van der Waals surface area contributed by atoms with Gasteiger partial charge in [-0.05, 0) is 24.3 Å². The molecule has 2 aromatic heterocycles.